The molecule has 0 radical (unpaired) electrons. The topological polar surface area (TPSA) is 77.2 Å². The lowest BCUT2D eigenvalue weighted by molar-refractivity contribution is 0.0527. The molecule has 1 heterocycles. The second-order valence-electron chi connectivity index (χ2n) is 5.23. The number of nitrogens with one attached hydrogen (secondary N) is 1. The molecule has 1 aliphatic rings. The number of nitrogen functional groups attached to an aromatic ring is 1. The van der Waals surface area contributed by atoms with E-state index in [0.29, 0.717) is 29.6 Å². The molecule has 2 rings (SSSR count). The number of carbonyl (C=O) groups excluding carboxylic acids is 1. The van der Waals surface area contributed by atoms with Gasteiger partial charge in [-0.05, 0) is 31.7 Å². The molecule has 0 saturated heterocycles. The molecule has 0 amide bonds. The van der Waals surface area contributed by atoms with Crippen molar-refractivity contribution in [3.8, 4) is 0 Å². The maximum absolute atomic E-state index is 11.8. The Hall–Kier alpha value is -1.78. The summed E-state index contributed by atoms with van der Waals surface area (Å²) in [6.45, 7) is 2.98. The average Bonchev–Trinajstić information content (AvgIpc) is 2.47. The first-order valence-electron chi connectivity index (χ1n) is 7.37. The van der Waals surface area contributed by atoms with Crippen molar-refractivity contribution in [2.75, 3.05) is 24.2 Å². The second kappa shape index (κ2) is 7.12. The van der Waals surface area contributed by atoms with Gasteiger partial charge in [0.1, 0.15) is 5.82 Å². The molecule has 1 fully saturated rings. The number of esters is 1. The van der Waals surface area contributed by atoms with Gasteiger partial charge in [0.05, 0.1) is 17.9 Å². The van der Waals surface area contributed by atoms with Crippen molar-refractivity contribution in [1.29, 1.82) is 0 Å². The minimum absolute atomic E-state index is 0.339. The number of pyridine rings is 1. The lowest BCUT2D eigenvalue weighted by Crippen LogP contribution is -2.19. The van der Waals surface area contributed by atoms with E-state index in [1.807, 2.05) is 0 Å². The summed E-state index contributed by atoms with van der Waals surface area (Å²) in [7, 11) is 0. The maximum Gasteiger partial charge on any atom is 0.340 e. The Balaban J connectivity index is 2.00. The number of nitrogens with zero attached hydrogens (tertiary/aromatic N) is 1. The van der Waals surface area contributed by atoms with Crippen molar-refractivity contribution in [3.05, 3.63) is 17.8 Å². The second-order valence-corrected chi connectivity index (χ2v) is 5.23. The third-order valence-corrected chi connectivity index (χ3v) is 3.77. The largest absolute Gasteiger partial charge is 0.462 e. The van der Waals surface area contributed by atoms with E-state index >= 15 is 0 Å². The molecule has 20 heavy (non-hydrogen) atoms. The van der Waals surface area contributed by atoms with Gasteiger partial charge in [-0.3, -0.25) is 0 Å². The van der Waals surface area contributed by atoms with Crippen LogP contribution in [0.3, 0.4) is 0 Å². The normalized spacial score (nSPS) is 15.8. The van der Waals surface area contributed by atoms with Gasteiger partial charge in [-0.25, -0.2) is 9.78 Å². The summed E-state index contributed by atoms with van der Waals surface area (Å²) in [5.41, 5.74) is 6.76. The van der Waals surface area contributed by atoms with Gasteiger partial charge < -0.3 is 15.8 Å². The first-order chi connectivity index (χ1) is 9.72. The molecule has 1 aromatic rings. The van der Waals surface area contributed by atoms with Crippen LogP contribution < -0.4 is 11.1 Å². The Morgan fingerprint density at radius 1 is 1.45 bits per heavy atom. The van der Waals surface area contributed by atoms with Crippen LogP contribution in [0.1, 0.15) is 49.4 Å². The first kappa shape index (κ1) is 14.6. The third kappa shape index (κ3) is 3.62. The van der Waals surface area contributed by atoms with E-state index < -0.39 is 5.97 Å². The van der Waals surface area contributed by atoms with Crippen LogP contribution in [0.4, 0.5) is 11.5 Å². The molecule has 3 N–H and O–H groups in total. The van der Waals surface area contributed by atoms with Crippen LogP contribution >= 0.6 is 0 Å². The van der Waals surface area contributed by atoms with E-state index in [0.717, 1.165) is 6.54 Å². The highest BCUT2D eigenvalue weighted by Crippen LogP contribution is 2.26. The molecule has 0 aliphatic heterocycles. The Bertz CT molecular complexity index is 456. The molecule has 110 valence electrons. The summed E-state index contributed by atoms with van der Waals surface area (Å²) in [6.07, 6.45) is 8.05. The summed E-state index contributed by atoms with van der Waals surface area (Å²) < 4.78 is 4.98. The van der Waals surface area contributed by atoms with Gasteiger partial charge in [-0.2, -0.15) is 0 Å². The fourth-order valence-electron chi connectivity index (χ4n) is 2.63. The molecule has 5 nitrogen and oxygen atoms in total. The molecule has 0 bridgehead atoms. The molecule has 0 unspecified atom stereocenters. The van der Waals surface area contributed by atoms with Gasteiger partial charge >= 0.3 is 5.97 Å². The average molecular weight is 277 g/mol. The number of nitrogens with two attached hydrogens (primary N) is 1. The zero-order valence-electron chi connectivity index (χ0n) is 12.0. The predicted octanol–water partition coefficient (Wildman–Crippen LogP) is 2.83. The minimum atomic E-state index is -0.395. The summed E-state index contributed by atoms with van der Waals surface area (Å²) in [6, 6.07) is 1.60. The molecule has 0 atom stereocenters. The quantitative estimate of drug-likeness (QED) is 0.809. The Morgan fingerprint density at radius 2 is 2.20 bits per heavy atom. The molecular formula is C15H23N3O2. The minimum Gasteiger partial charge on any atom is -0.462 e. The van der Waals surface area contributed by atoms with Gasteiger partial charge in [-0.15, -0.1) is 0 Å². The van der Waals surface area contributed by atoms with Crippen LogP contribution in [0.25, 0.3) is 0 Å². The van der Waals surface area contributed by atoms with Crippen LogP contribution in [0.15, 0.2) is 12.3 Å². The van der Waals surface area contributed by atoms with Crippen molar-refractivity contribution in [1.82, 2.24) is 4.98 Å². The zero-order valence-corrected chi connectivity index (χ0v) is 12.0. The fourth-order valence-corrected chi connectivity index (χ4v) is 2.63. The summed E-state index contributed by atoms with van der Waals surface area (Å²) >= 11 is 0. The van der Waals surface area contributed by atoms with E-state index in [1.165, 1.54) is 32.1 Å². The molecule has 1 saturated carbocycles. The number of rotatable bonds is 5. The summed E-state index contributed by atoms with van der Waals surface area (Å²) in [4.78, 5) is 16.0. The standard InChI is InChI=1S/C15H23N3O2/c1-2-20-15(19)12-8-9-17-14(13(12)16)18-10-11-6-4-3-5-7-11/h8-9,11H,2-7,10,16H2,1H3,(H,17,18). The van der Waals surface area contributed by atoms with E-state index in [-0.39, 0.29) is 0 Å². The number of ether oxygens (including phenoxy) is 1. The zero-order chi connectivity index (χ0) is 14.4. The van der Waals surface area contributed by atoms with Crippen molar-refractivity contribution < 1.29 is 9.53 Å². The van der Waals surface area contributed by atoms with Crippen molar-refractivity contribution in [2.24, 2.45) is 5.92 Å². The molecule has 0 spiro atoms. The highest BCUT2D eigenvalue weighted by molar-refractivity contribution is 5.97. The van der Waals surface area contributed by atoms with Crippen molar-refractivity contribution in [3.63, 3.8) is 0 Å². The fraction of sp³-hybridized carbons (Fsp3) is 0.600. The van der Waals surface area contributed by atoms with E-state index in [2.05, 4.69) is 10.3 Å². The lowest BCUT2D eigenvalue weighted by atomic mass is 9.89. The Labute approximate surface area is 119 Å². The SMILES string of the molecule is CCOC(=O)c1ccnc(NCC2CCCCC2)c1N. The number of hydrogen-bond donors (Lipinski definition) is 2. The number of aromatic nitrogens is 1. The van der Waals surface area contributed by atoms with Crippen LogP contribution in [-0.4, -0.2) is 24.1 Å². The van der Waals surface area contributed by atoms with Gasteiger partial charge in [-0.1, -0.05) is 19.3 Å². The highest BCUT2D eigenvalue weighted by Gasteiger charge is 2.17. The molecule has 0 aromatic carbocycles. The maximum atomic E-state index is 11.8. The van der Waals surface area contributed by atoms with E-state index in [4.69, 9.17) is 10.5 Å². The molecule has 1 aromatic heterocycles. The smallest absolute Gasteiger partial charge is 0.340 e. The van der Waals surface area contributed by atoms with Crippen LogP contribution in [-0.2, 0) is 4.74 Å². The summed E-state index contributed by atoms with van der Waals surface area (Å²) in [5, 5.41) is 3.28. The summed E-state index contributed by atoms with van der Waals surface area (Å²) in [5.74, 6) is 0.866. The molecule has 1 aliphatic carbocycles. The number of hydrogen-bond acceptors (Lipinski definition) is 5. The third-order valence-electron chi connectivity index (χ3n) is 3.77. The predicted molar refractivity (Wildman–Crippen MR) is 79.7 cm³/mol. The molecule has 5 heteroatoms. The Morgan fingerprint density at radius 3 is 2.90 bits per heavy atom. The van der Waals surface area contributed by atoms with Crippen LogP contribution in [0.2, 0.25) is 0 Å². The van der Waals surface area contributed by atoms with Crippen molar-refractivity contribution >= 4 is 17.5 Å². The Kier molecular flexibility index (Phi) is 5.21. The number of anilines is 2. The first-order valence-corrected chi connectivity index (χ1v) is 7.37. The highest BCUT2D eigenvalue weighted by atomic mass is 16.5. The van der Waals surface area contributed by atoms with Crippen LogP contribution in [0.5, 0.6) is 0 Å². The van der Waals surface area contributed by atoms with Gasteiger partial charge in [0.2, 0.25) is 0 Å². The van der Waals surface area contributed by atoms with E-state index in [9.17, 15) is 4.79 Å². The lowest BCUT2D eigenvalue weighted by Gasteiger charge is -2.22. The van der Waals surface area contributed by atoms with Crippen molar-refractivity contribution in [2.45, 2.75) is 39.0 Å². The monoisotopic (exact) mass is 277 g/mol. The van der Waals surface area contributed by atoms with Gasteiger partial charge in [0.25, 0.3) is 0 Å². The molecular weight excluding hydrogens is 254 g/mol. The van der Waals surface area contributed by atoms with E-state index in [1.54, 1.807) is 19.2 Å². The van der Waals surface area contributed by atoms with Crippen LogP contribution in [0, 0.1) is 5.92 Å². The van der Waals surface area contributed by atoms with Gasteiger partial charge in [0.15, 0.2) is 0 Å². The van der Waals surface area contributed by atoms with Gasteiger partial charge in [0, 0.05) is 12.7 Å². The number of carbonyl (C=O) groups is 1.